The van der Waals surface area contributed by atoms with Crippen LogP contribution in [0.4, 0.5) is 5.13 Å². The maximum Gasteiger partial charge on any atom is 0.280 e. The molecule has 0 spiro atoms. The number of thiazole rings is 1. The highest BCUT2D eigenvalue weighted by Crippen LogP contribution is 2.38. The normalized spacial score (nSPS) is 11.3. The fourth-order valence-electron chi connectivity index (χ4n) is 2.47. The monoisotopic (exact) mass is 393 g/mol. The van der Waals surface area contributed by atoms with Gasteiger partial charge < -0.3 is 9.64 Å². The maximum absolute atomic E-state index is 13.0. The smallest absolute Gasteiger partial charge is 0.280 e. The second kappa shape index (κ2) is 7.61. The van der Waals surface area contributed by atoms with Crippen LogP contribution in [0.25, 0.3) is 10.2 Å². The Balaban J connectivity index is 2.05. The first-order chi connectivity index (χ1) is 12.4. The summed E-state index contributed by atoms with van der Waals surface area (Å²) < 4.78 is 7.78. The average Bonchev–Trinajstić information content (AvgIpc) is 3.22. The molecule has 0 saturated heterocycles. The molecular formula is C17H20ClN5O2S. The third-order valence-corrected chi connectivity index (χ3v) is 5.39. The van der Waals surface area contributed by atoms with Gasteiger partial charge in [-0.1, -0.05) is 22.9 Å². The van der Waals surface area contributed by atoms with Crippen LogP contribution in [0.1, 0.15) is 10.5 Å². The molecule has 0 N–H and O–H groups in total. The highest BCUT2D eigenvalue weighted by Gasteiger charge is 2.24. The first-order valence-corrected chi connectivity index (χ1v) is 9.19. The number of halogens is 1. The van der Waals surface area contributed by atoms with Crippen molar-refractivity contribution < 1.29 is 9.53 Å². The molecule has 9 heteroatoms. The highest BCUT2D eigenvalue weighted by atomic mass is 35.5. The predicted molar refractivity (Wildman–Crippen MR) is 105 cm³/mol. The molecule has 2 heterocycles. The van der Waals surface area contributed by atoms with E-state index in [1.165, 1.54) is 11.3 Å². The van der Waals surface area contributed by atoms with E-state index >= 15 is 0 Å². The third-order valence-electron chi connectivity index (χ3n) is 3.85. The lowest BCUT2D eigenvalue weighted by Gasteiger charge is -2.21. The summed E-state index contributed by atoms with van der Waals surface area (Å²) in [5.74, 6) is 0.436. The van der Waals surface area contributed by atoms with Crippen molar-refractivity contribution in [2.45, 2.75) is 0 Å². The van der Waals surface area contributed by atoms with Crippen LogP contribution >= 0.6 is 22.9 Å². The second-order valence-electron chi connectivity index (χ2n) is 6.06. The second-order valence-corrected chi connectivity index (χ2v) is 7.44. The molecule has 26 heavy (non-hydrogen) atoms. The number of carbonyl (C=O) groups is 1. The van der Waals surface area contributed by atoms with Gasteiger partial charge in [0.1, 0.15) is 11.3 Å². The van der Waals surface area contributed by atoms with E-state index in [1.807, 2.05) is 19.0 Å². The van der Waals surface area contributed by atoms with E-state index in [9.17, 15) is 4.79 Å². The van der Waals surface area contributed by atoms with E-state index in [2.05, 4.69) is 10.1 Å². The van der Waals surface area contributed by atoms with Crippen molar-refractivity contribution in [2.75, 3.05) is 39.2 Å². The molecule has 1 aromatic carbocycles. The number of hydrogen-bond donors (Lipinski definition) is 0. The van der Waals surface area contributed by atoms with E-state index < -0.39 is 0 Å². The molecule has 0 aliphatic rings. The van der Waals surface area contributed by atoms with Gasteiger partial charge in [-0.2, -0.15) is 5.10 Å². The molecule has 138 valence electrons. The highest BCUT2D eigenvalue weighted by molar-refractivity contribution is 7.23. The number of carbonyl (C=O) groups excluding carboxylic acids is 1. The fourth-order valence-corrected chi connectivity index (χ4v) is 3.75. The molecule has 0 atom stereocenters. The summed E-state index contributed by atoms with van der Waals surface area (Å²) in [6, 6.07) is 5.25. The van der Waals surface area contributed by atoms with Crippen molar-refractivity contribution in [1.82, 2.24) is 19.7 Å². The van der Waals surface area contributed by atoms with Crippen LogP contribution in [0.15, 0.2) is 24.4 Å². The third kappa shape index (κ3) is 3.67. The maximum atomic E-state index is 13.0. The number of likely N-dealkylation sites (N-methyl/N-ethyl adjacent to an activating group) is 1. The van der Waals surface area contributed by atoms with Gasteiger partial charge in [0.05, 0.1) is 16.8 Å². The first-order valence-electron chi connectivity index (χ1n) is 8.00. The minimum Gasteiger partial charge on any atom is -0.494 e. The quantitative estimate of drug-likeness (QED) is 0.644. The fraction of sp³-hybridized carbons (Fsp3) is 0.353. The van der Waals surface area contributed by atoms with E-state index in [0.717, 1.165) is 4.70 Å². The van der Waals surface area contributed by atoms with Gasteiger partial charge >= 0.3 is 0 Å². The van der Waals surface area contributed by atoms with E-state index in [0.29, 0.717) is 40.2 Å². The molecule has 0 unspecified atom stereocenters. The summed E-state index contributed by atoms with van der Waals surface area (Å²) in [4.78, 5) is 21.3. The lowest BCUT2D eigenvalue weighted by molar-refractivity contribution is 0.0979. The molecule has 7 nitrogen and oxygen atoms in total. The first kappa shape index (κ1) is 18.6. The molecule has 1 amide bonds. The number of aromatic nitrogens is 3. The van der Waals surface area contributed by atoms with Gasteiger partial charge in [-0.05, 0) is 32.3 Å². The summed E-state index contributed by atoms with van der Waals surface area (Å²) in [7, 11) is 7.29. The van der Waals surface area contributed by atoms with E-state index in [4.69, 9.17) is 16.3 Å². The lowest BCUT2D eigenvalue weighted by atomic mass is 10.3. The Hall–Kier alpha value is -2.16. The molecule has 0 bridgehead atoms. The molecule has 0 fully saturated rings. The van der Waals surface area contributed by atoms with Crippen molar-refractivity contribution in [3.63, 3.8) is 0 Å². The zero-order valence-electron chi connectivity index (χ0n) is 15.1. The summed E-state index contributed by atoms with van der Waals surface area (Å²) in [6.07, 6.45) is 1.75. The van der Waals surface area contributed by atoms with Gasteiger partial charge in [0, 0.05) is 26.3 Å². The topological polar surface area (TPSA) is 63.5 Å². The number of ether oxygens (including phenoxy) is 1. The largest absolute Gasteiger partial charge is 0.494 e. The molecule has 0 radical (unpaired) electrons. The number of methoxy groups -OCH3 is 1. The van der Waals surface area contributed by atoms with Crippen molar-refractivity contribution in [1.29, 1.82) is 0 Å². The number of fused-ring (bicyclic) bond motifs is 1. The van der Waals surface area contributed by atoms with Crippen molar-refractivity contribution in [2.24, 2.45) is 7.05 Å². The standard InChI is InChI=1S/C17H20ClN5O2S/c1-21(2)9-10-23(16(24)12-7-8-22(3)20-12)17-19-14-13(25-4)6-5-11(18)15(14)26-17/h5-8H,9-10H2,1-4H3. The average molecular weight is 394 g/mol. The Bertz CT molecular complexity index is 937. The Morgan fingerprint density at radius 1 is 1.31 bits per heavy atom. The Morgan fingerprint density at radius 2 is 2.08 bits per heavy atom. The van der Waals surface area contributed by atoms with Crippen LogP contribution in [0.5, 0.6) is 5.75 Å². The van der Waals surface area contributed by atoms with Crippen molar-refractivity contribution in [3.05, 3.63) is 35.1 Å². The summed E-state index contributed by atoms with van der Waals surface area (Å²) in [5.41, 5.74) is 1.03. The minimum atomic E-state index is -0.193. The SMILES string of the molecule is COc1ccc(Cl)c2sc(N(CCN(C)C)C(=O)c3ccn(C)n3)nc12. The summed E-state index contributed by atoms with van der Waals surface area (Å²) in [5, 5.41) is 5.39. The van der Waals surface area contributed by atoms with Gasteiger partial charge in [-0.15, -0.1) is 0 Å². The van der Waals surface area contributed by atoms with E-state index in [-0.39, 0.29) is 5.91 Å². The van der Waals surface area contributed by atoms with Crippen LogP contribution in [0, 0.1) is 0 Å². The van der Waals surface area contributed by atoms with Crippen molar-refractivity contribution >= 4 is 44.2 Å². The van der Waals surface area contributed by atoms with Gasteiger partial charge in [-0.3, -0.25) is 14.4 Å². The summed E-state index contributed by atoms with van der Waals surface area (Å²) >= 11 is 7.69. The van der Waals surface area contributed by atoms with Gasteiger partial charge in [0.25, 0.3) is 5.91 Å². The van der Waals surface area contributed by atoms with Crippen LogP contribution in [0.3, 0.4) is 0 Å². The number of anilines is 1. The van der Waals surface area contributed by atoms with Crippen molar-refractivity contribution in [3.8, 4) is 5.75 Å². The van der Waals surface area contributed by atoms with E-state index in [1.54, 1.807) is 48.1 Å². The van der Waals surface area contributed by atoms with Crippen LogP contribution < -0.4 is 9.64 Å². The zero-order valence-corrected chi connectivity index (χ0v) is 16.6. The molecular weight excluding hydrogens is 374 g/mol. The summed E-state index contributed by atoms with van der Waals surface area (Å²) in [6.45, 7) is 1.18. The Labute approximate surface area is 160 Å². The Kier molecular flexibility index (Phi) is 5.45. The molecule has 0 aliphatic carbocycles. The number of hydrogen-bond acceptors (Lipinski definition) is 6. The number of benzene rings is 1. The molecule has 0 saturated carbocycles. The van der Waals surface area contributed by atoms with Gasteiger partial charge in [-0.25, -0.2) is 4.98 Å². The number of rotatable bonds is 6. The number of amides is 1. The molecule has 0 aliphatic heterocycles. The van der Waals surface area contributed by atoms with Gasteiger partial charge in [0.2, 0.25) is 0 Å². The number of nitrogens with zero attached hydrogens (tertiary/aromatic N) is 5. The minimum absolute atomic E-state index is 0.193. The van der Waals surface area contributed by atoms with Crippen LogP contribution in [0.2, 0.25) is 5.02 Å². The molecule has 2 aromatic heterocycles. The van der Waals surface area contributed by atoms with Crippen LogP contribution in [-0.2, 0) is 7.05 Å². The Morgan fingerprint density at radius 3 is 2.69 bits per heavy atom. The molecule has 3 aromatic rings. The molecule has 3 rings (SSSR count). The number of aryl methyl sites for hydroxylation is 1. The zero-order chi connectivity index (χ0) is 18.8. The lowest BCUT2D eigenvalue weighted by Crippen LogP contribution is -2.37. The predicted octanol–water partition coefficient (Wildman–Crippen LogP) is 2.90. The van der Waals surface area contributed by atoms with Crippen LogP contribution in [-0.4, -0.2) is 59.9 Å². The van der Waals surface area contributed by atoms with Gasteiger partial charge in [0.15, 0.2) is 10.8 Å².